The van der Waals surface area contributed by atoms with Crippen molar-refractivity contribution in [2.75, 3.05) is 4.72 Å². The zero-order valence-corrected chi connectivity index (χ0v) is 16.2. The summed E-state index contributed by atoms with van der Waals surface area (Å²) in [4.78, 5) is 16.3. The number of hydrogen-bond donors (Lipinski definition) is 2. The number of hydrogen-bond acceptors (Lipinski definition) is 4. The van der Waals surface area contributed by atoms with Gasteiger partial charge in [-0.1, -0.05) is 25.1 Å². The SMILES string of the molecule is CCc1ccc(NS(=O)(=O)c2ccc(C(=O)NCc3cccnc3)cc2)cc1. The van der Waals surface area contributed by atoms with Crippen LogP contribution in [0.1, 0.15) is 28.4 Å². The number of amides is 1. The molecule has 0 aliphatic rings. The molecule has 2 aromatic carbocycles. The first kappa shape index (κ1) is 19.6. The third-order valence-electron chi connectivity index (χ3n) is 4.22. The summed E-state index contributed by atoms with van der Waals surface area (Å²) in [6.45, 7) is 2.38. The Labute approximate surface area is 164 Å². The van der Waals surface area contributed by atoms with Gasteiger partial charge in [0.15, 0.2) is 0 Å². The van der Waals surface area contributed by atoms with E-state index in [2.05, 4.69) is 15.0 Å². The Bertz CT molecular complexity index is 1030. The van der Waals surface area contributed by atoms with Crippen molar-refractivity contribution in [1.29, 1.82) is 0 Å². The van der Waals surface area contributed by atoms with Crippen molar-refractivity contribution in [1.82, 2.24) is 10.3 Å². The monoisotopic (exact) mass is 395 g/mol. The molecule has 144 valence electrons. The predicted molar refractivity (Wildman–Crippen MR) is 108 cm³/mol. The van der Waals surface area contributed by atoms with E-state index in [4.69, 9.17) is 0 Å². The number of carbonyl (C=O) groups excluding carboxylic acids is 1. The molecule has 0 aliphatic carbocycles. The number of anilines is 1. The standard InChI is InChI=1S/C21H21N3O3S/c1-2-16-5-9-19(10-6-16)24-28(26,27)20-11-7-18(8-12-20)21(25)23-15-17-4-3-13-22-14-17/h3-14,24H,2,15H2,1H3,(H,23,25). The second-order valence-electron chi connectivity index (χ2n) is 6.22. The molecule has 3 rings (SSSR count). The van der Waals surface area contributed by atoms with Crippen LogP contribution in [-0.2, 0) is 23.0 Å². The van der Waals surface area contributed by atoms with E-state index < -0.39 is 10.0 Å². The fourth-order valence-corrected chi connectivity index (χ4v) is 3.65. The van der Waals surface area contributed by atoms with E-state index in [9.17, 15) is 13.2 Å². The minimum absolute atomic E-state index is 0.0934. The number of rotatable bonds is 7. The summed E-state index contributed by atoms with van der Waals surface area (Å²) in [7, 11) is -3.72. The van der Waals surface area contributed by atoms with Crippen LogP contribution in [0.3, 0.4) is 0 Å². The summed E-state index contributed by atoms with van der Waals surface area (Å²) in [6, 6.07) is 16.7. The lowest BCUT2D eigenvalue weighted by Crippen LogP contribution is -2.23. The van der Waals surface area contributed by atoms with Crippen molar-refractivity contribution >= 4 is 21.6 Å². The molecule has 0 atom stereocenters. The van der Waals surface area contributed by atoms with Gasteiger partial charge in [-0.2, -0.15) is 0 Å². The summed E-state index contributed by atoms with van der Waals surface area (Å²) >= 11 is 0. The average molecular weight is 395 g/mol. The number of pyridine rings is 1. The Hall–Kier alpha value is -3.19. The first-order chi connectivity index (χ1) is 13.5. The summed E-state index contributed by atoms with van der Waals surface area (Å²) in [5, 5.41) is 2.78. The molecule has 0 saturated heterocycles. The first-order valence-electron chi connectivity index (χ1n) is 8.87. The van der Waals surface area contributed by atoms with Crippen LogP contribution in [0, 0.1) is 0 Å². The van der Waals surface area contributed by atoms with Crippen LogP contribution in [0.15, 0.2) is 78.0 Å². The maximum absolute atomic E-state index is 12.5. The normalized spacial score (nSPS) is 11.0. The van der Waals surface area contributed by atoms with Crippen LogP contribution in [-0.4, -0.2) is 19.3 Å². The van der Waals surface area contributed by atoms with E-state index in [-0.39, 0.29) is 10.8 Å². The molecule has 0 aliphatic heterocycles. The molecule has 0 bridgehead atoms. The van der Waals surface area contributed by atoms with Crippen molar-refractivity contribution in [3.8, 4) is 0 Å². The molecular weight excluding hydrogens is 374 g/mol. The number of aryl methyl sites for hydroxylation is 1. The molecule has 1 amide bonds. The number of nitrogens with zero attached hydrogens (tertiary/aromatic N) is 1. The molecule has 0 saturated carbocycles. The molecule has 7 heteroatoms. The maximum atomic E-state index is 12.5. The van der Waals surface area contributed by atoms with Crippen LogP contribution in [0.4, 0.5) is 5.69 Å². The largest absolute Gasteiger partial charge is 0.348 e. The Morgan fingerprint density at radius 3 is 2.29 bits per heavy atom. The van der Waals surface area contributed by atoms with Gasteiger partial charge in [0, 0.05) is 30.2 Å². The third-order valence-corrected chi connectivity index (χ3v) is 5.61. The van der Waals surface area contributed by atoms with Gasteiger partial charge >= 0.3 is 0 Å². The molecule has 0 unspecified atom stereocenters. The fourth-order valence-electron chi connectivity index (χ4n) is 2.60. The molecule has 6 nitrogen and oxygen atoms in total. The number of aromatic nitrogens is 1. The van der Waals surface area contributed by atoms with Crippen LogP contribution >= 0.6 is 0 Å². The number of carbonyl (C=O) groups is 1. The van der Waals surface area contributed by atoms with Gasteiger partial charge in [0.1, 0.15) is 0 Å². The Morgan fingerprint density at radius 1 is 0.964 bits per heavy atom. The predicted octanol–water partition coefficient (Wildman–Crippen LogP) is 3.37. The molecule has 0 spiro atoms. The van der Waals surface area contributed by atoms with Crippen molar-refractivity contribution < 1.29 is 13.2 Å². The van der Waals surface area contributed by atoms with E-state index in [1.165, 1.54) is 24.3 Å². The molecule has 0 fully saturated rings. The molecule has 3 aromatic rings. The highest BCUT2D eigenvalue weighted by atomic mass is 32.2. The van der Waals surface area contributed by atoms with Gasteiger partial charge in [0.2, 0.25) is 0 Å². The second kappa shape index (κ2) is 8.67. The summed E-state index contributed by atoms with van der Waals surface area (Å²) < 4.78 is 27.6. The van der Waals surface area contributed by atoms with Gasteiger partial charge in [0.05, 0.1) is 4.90 Å². The first-order valence-corrected chi connectivity index (χ1v) is 10.3. The highest BCUT2D eigenvalue weighted by Crippen LogP contribution is 2.17. The summed E-state index contributed by atoms with van der Waals surface area (Å²) in [5.41, 5.74) is 2.89. The molecule has 1 heterocycles. The van der Waals surface area contributed by atoms with E-state index in [0.717, 1.165) is 17.5 Å². The number of benzene rings is 2. The minimum Gasteiger partial charge on any atom is -0.348 e. The van der Waals surface area contributed by atoms with E-state index in [1.807, 2.05) is 25.1 Å². The maximum Gasteiger partial charge on any atom is 0.261 e. The summed E-state index contributed by atoms with van der Waals surface area (Å²) in [5.74, 6) is -0.282. The second-order valence-corrected chi connectivity index (χ2v) is 7.91. The van der Waals surface area contributed by atoms with Crippen LogP contribution in [0.5, 0.6) is 0 Å². The molecule has 0 radical (unpaired) electrons. The van der Waals surface area contributed by atoms with E-state index in [1.54, 1.807) is 30.6 Å². The Balaban J connectivity index is 1.65. The number of nitrogens with one attached hydrogen (secondary N) is 2. The highest BCUT2D eigenvalue weighted by Gasteiger charge is 2.15. The van der Waals surface area contributed by atoms with E-state index >= 15 is 0 Å². The van der Waals surface area contributed by atoms with Crippen molar-refractivity contribution in [2.45, 2.75) is 24.8 Å². The van der Waals surface area contributed by atoms with E-state index in [0.29, 0.717) is 17.8 Å². The van der Waals surface area contributed by atoms with Crippen molar-refractivity contribution in [3.05, 3.63) is 89.7 Å². The lowest BCUT2D eigenvalue weighted by molar-refractivity contribution is 0.0951. The molecular formula is C21H21N3O3S. The smallest absolute Gasteiger partial charge is 0.261 e. The van der Waals surface area contributed by atoms with Crippen molar-refractivity contribution in [2.24, 2.45) is 0 Å². The van der Waals surface area contributed by atoms with Crippen LogP contribution in [0.25, 0.3) is 0 Å². The third kappa shape index (κ3) is 4.95. The van der Waals surface area contributed by atoms with Gasteiger partial charge in [-0.3, -0.25) is 14.5 Å². The molecule has 28 heavy (non-hydrogen) atoms. The van der Waals surface area contributed by atoms with Gasteiger partial charge in [-0.05, 0) is 60.0 Å². The van der Waals surface area contributed by atoms with Gasteiger partial charge in [0.25, 0.3) is 15.9 Å². The Morgan fingerprint density at radius 2 is 1.68 bits per heavy atom. The zero-order chi connectivity index (χ0) is 20.0. The lowest BCUT2D eigenvalue weighted by atomic mass is 10.2. The Kier molecular flexibility index (Phi) is 6.06. The minimum atomic E-state index is -3.72. The quantitative estimate of drug-likeness (QED) is 0.642. The topological polar surface area (TPSA) is 88.2 Å². The van der Waals surface area contributed by atoms with Gasteiger partial charge < -0.3 is 5.32 Å². The fraction of sp³-hybridized carbons (Fsp3) is 0.143. The van der Waals surface area contributed by atoms with Gasteiger partial charge in [-0.15, -0.1) is 0 Å². The number of sulfonamides is 1. The molecule has 2 N–H and O–H groups in total. The lowest BCUT2D eigenvalue weighted by Gasteiger charge is -2.10. The van der Waals surface area contributed by atoms with Gasteiger partial charge in [-0.25, -0.2) is 8.42 Å². The highest BCUT2D eigenvalue weighted by molar-refractivity contribution is 7.92. The molecule has 1 aromatic heterocycles. The summed E-state index contributed by atoms with van der Waals surface area (Å²) in [6.07, 6.45) is 4.22. The zero-order valence-electron chi connectivity index (χ0n) is 15.4. The van der Waals surface area contributed by atoms with Crippen LogP contribution in [0.2, 0.25) is 0 Å². The van der Waals surface area contributed by atoms with Crippen molar-refractivity contribution in [3.63, 3.8) is 0 Å². The van der Waals surface area contributed by atoms with Crippen LogP contribution < -0.4 is 10.0 Å². The average Bonchev–Trinajstić information content (AvgIpc) is 2.73.